The molecular formula is C18H28N8O8. The number of rotatable bonds is 4. The number of nitrogens with zero attached hydrogens (tertiary/aromatic N) is 6. The summed E-state index contributed by atoms with van der Waals surface area (Å²) in [5.41, 5.74) is 10.6. The summed E-state index contributed by atoms with van der Waals surface area (Å²) in [6.07, 6.45) is -26.8. The van der Waals surface area contributed by atoms with Crippen LogP contribution in [-0.2, 0) is 9.47 Å². The average Bonchev–Trinajstić information content (AvgIpc) is 3.08. The highest BCUT2D eigenvalue weighted by Crippen LogP contribution is 2.27. The Bertz CT molecular complexity index is 1450. The van der Waals surface area contributed by atoms with Gasteiger partial charge in [0.2, 0.25) is 11.9 Å². The number of nitrogens with two attached hydrogens (primary N) is 2. The molecule has 16 heteroatoms. The summed E-state index contributed by atoms with van der Waals surface area (Å²) in [4.78, 5) is 14.9. The summed E-state index contributed by atoms with van der Waals surface area (Å²) in [5.74, 6) is -1.55. The molecule has 4 aliphatic heterocycles. The van der Waals surface area contributed by atoms with Gasteiger partial charge in [0, 0.05) is 0 Å². The third-order valence-corrected chi connectivity index (χ3v) is 4.08. The number of guanidine groups is 2. The van der Waals surface area contributed by atoms with Crippen LogP contribution >= 0.6 is 0 Å². The Kier molecular flexibility index (Phi) is 4.28. The Morgan fingerprint density at radius 3 is 1.85 bits per heavy atom. The number of amidine groups is 2. The molecule has 4 heterocycles. The lowest BCUT2D eigenvalue weighted by Crippen LogP contribution is -2.44. The molecule has 2 unspecified atom stereocenters. The van der Waals surface area contributed by atoms with Gasteiger partial charge in [-0.2, -0.15) is 9.98 Å². The van der Waals surface area contributed by atoms with E-state index in [1.807, 2.05) is 0 Å². The topological polar surface area (TPSA) is 248 Å². The standard InChI is InChI=1S/2C9H14N4O4/c2*1-4-12-9(10)11-3-13(4)8-7(16)6(15)5(2-14)17-8/h2*3,5-8,14-16H,1-2H2,(H2,10,12)/t2*5-,6?,7+,8-/m11/s1/i2D2,3D,5D,6D,7D,8D;2D2,3D,5D,6D. The maximum Gasteiger partial charge on any atom is 0.223 e. The molecular weight excluding hydrogens is 456 g/mol. The van der Waals surface area contributed by atoms with Crippen molar-refractivity contribution < 1.29 is 56.6 Å². The molecule has 2 fully saturated rings. The highest BCUT2D eigenvalue weighted by Gasteiger charge is 2.46. The van der Waals surface area contributed by atoms with E-state index in [4.69, 9.17) is 32.7 Å². The summed E-state index contributed by atoms with van der Waals surface area (Å²) < 4.78 is 100. The van der Waals surface area contributed by atoms with Crippen molar-refractivity contribution in [1.82, 2.24) is 9.80 Å². The highest BCUT2D eigenvalue weighted by atomic mass is 16.6. The van der Waals surface area contributed by atoms with Crippen molar-refractivity contribution in [2.45, 2.75) is 48.9 Å². The van der Waals surface area contributed by atoms with Crippen LogP contribution in [0.4, 0.5) is 0 Å². The summed E-state index contributed by atoms with van der Waals surface area (Å²) >= 11 is 0. The Morgan fingerprint density at radius 1 is 0.912 bits per heavy atom. The monoisotopic (exact) mass is 496 g/mol. The first kappa shape index (κ1) is 13.8. The second-order valence-corrected chi connectivity index (χ2v) is 6.23. The van der Waals surface area contributed by atoms with E-state index in [-0.39, 0.29) is 16.7 Å². The number of hydrogen-bond donors (Lipinski definition) is 8. The number of aliphatic hydroxyl groups excluding tert-OH is 1. The zero-order chi connectivity index (χ0) is 36.0. The first-order valence-electron chi connectivity index (χ1n) is 14.8. The molecule has 0 aromatic rings. The van der Waals surface area contributed by atoms with Crippen LogP contribution in [0.2, 0.25) is 0 Å². The van der Waals surface area contributed by atoms with E-state index in [1.54, 1.807) is 0 Å². The third kappa shape index (κ3) is 5.08. The summed E-state index contributed by atoms with van der Waals surface area (Å²) in [5, 5.41) is 59.0. The maximum absolute atomic E-state index is 10.2. The quantitative estimate of drug-likeness (QED) is 0.182. The molecule has 2 saturated heterocycles. The smallest absolute Gasteiger partial charge is 0.223 e. The van der Waals surface area contributed by atoms with Gasteiger partial charge in [-0.05, 0) is 0 Å². The summed E-state index contributed by atoms with van der Waals surface area (Å²) in [7, 11) is 0. The third-order valence-electron chi connectivity index (χ3n) is 4.08. The number of aliphatic imine (C=N–C) groups is 4. The lowest BCUT2D eigenvalue weighted by atomic mass is 10.1. The number of aliphatic hydroxyl groups is 6. The fourth-order valence-corrected chi connectivity index (χ4v) is 2.53. The van der Waals surface area contributed by atoms with Crippen LogP contribution in [-0.4, -0.2) is 127 Å². The first-order valence-corrected chi connectivity index (χ1v) is 8.80. The summed E-state index contributed by atoms with van der Waals surface area (Å²) in [6, 6.07) is 0. The van der Waals surface area contributed by atoms with Crippen LogP contribution in [0.25, 0.3) is 0 Å². The Labute approximate surface area is 210 Å². The van der Waals surface area contributed by atoms with Crippen LogP contribution < -0.4 is 11.5 Å². The van der Waals surface area contributed by atoms with Gasteiger partial charge in [-0.1, -0.05) is 13.2 Å². The van der Waals surface area contributed by atoms with Gasteiger partial charge >= 0.3 is 0 Å². The predicted molar refractivity (Wildman–Crippen MR) is 118 cm³/mol. The molecule has 4 rings (SSSR count). The fourth-order valence-electron chi connectivity index (χ4n) is 2.53. The van der Waals surface area contributed by atoms with E-state index in [1.165, 1.54) is 0 Å². The normalized spacial score (nSPS) is 57.0. The molecule has 16 nitrogen and oxygen atoms in total. The van der Waals surface area contributed by atoms with Crippen molar-refractivity contribution in [3.05, 3.63) is 24.8 Å². The second-order valence-electron chi connectivity index (χ2n) is 6.23. The zero-order valence-electron chi connectivity index (χ0n) is 28.9. The molecule has 0 saturated carbocycles. The molecule has 10 N–H and O–H groups in total. The van der Waals surface area contributed by atoms with E-state index >= 15 is 0 Å². The van der Waals surface area contributed by atoms with E-state index < -0.39 is 86.5 Å². The van der Waals surface area contributed by atoms with E-state index in [0.29, 0.717) is 4.90 Å². The van der Waals surface area contributed by atoms with Gasteiger partial charge in [-0.15, -0.1) is 0 Å². The van der Waals surface area contributed by atoms with Gasteiger partial charge in [0.25, 0.3) is 0 Å². The van der Waals surface area contributed by atoms with Gasteiger partial charge in [0.05, 0.1) is 26.8 Å². The van der Waals surface area contributed by atoms with Crippen molar-refractivity contribution in [2.75, 3.05) is 13.1 Å². The van der Waals surface area contributed by atoms with Crippen LogP contribution in [0.3, 0.4) is 0 Å². The van der Waals surface area contributed by atoms with Crippen molar-refractivity contribution in [1.29, 1.82) is 0 Å². The molecule has 4 aliphatic rings. The lowest BCUT2D eigenvalue weighted by Gasteiger charge is -2.29. The van der Waals surface area contributed by atoms with Gasteiger partial charge < -0.3 is 51.6 Å². The molecule has 0 spiro atoms. The van der Waals surface area contributed by atoms with Crippen LogP contribution in [0, 0.1) is 0 Å². The van der Waals surface area contributed by atoms with E-state index in [2.05, 4.69) is 37.9 Å². The Balaban J connectivity index is 0.000000251. The molecule has 8 atom stereocenters. The van der Waals surface area contributed by atoms with E-state index in [9.17, 15) is 30.6 Å². The zero-order valence-corrected chi connectivity index (χ0v) is 16.9. The molecule has 0 aromatic carbocycles. The Hall–Kier alpha value is -2.96. The molecule has 0 bridgehead atoms. The average molecular weight is 497 g/mol. The molecule has 0 aliphatic carbocycles. The SMILES string of the molecule is [2H]C1=NC(N)=NC(=C)N1[C@@H]1O[C@]([2H])(C([2H])([2H])O)C([2H])(O)[C@@H]1O.[2H]C1=NC(N)=NC(=C)N1[C@]1([2H])O[C@]([2H])(C([2H])([2H])O)C([2H])(O)[C@]1([2H])O. The molecule has 0 aromatic heterocycles. The van der Waals surface area contributed by atoms with E-state index in [0.717, 1.165) is 0 Å². The van der Waals surface area contributed by atoms with Gasteiger partial charge in [-0.25, -0.2) is 9.98 Å². The first-order chi connectivity index (χ1) is 20.4. The second kappa shape index (κ2) is 10.5. The molecule has 188 valence electrons. The number of ether oxygens (including phenoxy) is 2. The molecule has 0 amide bonds. The van der Waals surface area contributed by atoms with Crippen molar-refractivity contribution >= 4 is 24.5 Å². The Morgan fingerprint density at radius 2 is 1.41 bits per heavy atom. The van der Waals surface area contributed by atoms with Crippen molar-refractivity contribution in [2.24, 2.45) is 31.4 Å². The van der Waals surface area contributed by atoms with Gasteiger partial charge in [0.15, 0.2) is 12.4 Å². The minimum absolute atomic E-state index is 0.220. The fraction of sp³-hybridized carbons (Fsp3) is 0.556. The van der Waals surface area contributed by atoms with Crippen molar-refractivity contribution in [3.63, 3.8) is 0 Å². The molecule has 34 heavy (non-hydrogen) atoms. The minimum Gasteiger partial charge on any atom is -0.394 e. The number of hydrogen-bond acceptors (Lipinski definition) is 16. The van der Waals surface area contributed by atoms with Gasteiger partial charge in [0.1, 0.15) is 63.5 Å². The maximum atomic E-state index is 10.2. The highest BCUT2D eigenvalue weighted by molar-refractivity contribution is 5.89. The van der Waals surface area contributed by atoms with Crippen LogP contribution in [0.5, 0.6) is 0 Å². The van der Waals surface area contributed by atoms with Crippen LogP contribution in [0.1, 0.15) is 16.4 Å². The van der Waals surface area contributed by atoms with Crippen molar-refractivity contribution in [3.8, 4) is 0 Å². The minimum atomic E-state index is -3.87. The van der Waals surface area contributed by atoms with Gasteiger partial charge in [-0.3, -0.25) is 9.80 Å². The van der Waals surface area contributed by atoms with Crippen LogP contribution in [0.15, 0.2) is 44.8 Å². The lowest BCUT2D eigenvalue weighted by molar-refractivity contribution is -0.0607. The molecule has 0 radical (unpaired) electrons. The predicted octanol–water partition coefficient (Wildman–Crippen LogP) is -4.89. The largest absolute Gasteiger partial charge is 0.394 e. The summed E-state index contributed by atoms with van der Waals surface area (Å²) in [6.45, 7) is -0.514.